The molecule has 4 aliphatic heterocycles. The van der Waals surface area contributed by atoms with E-state index >= 15 is 0 Å². The van der Waals surface area contributed by atoms with E-state index in [1.54, 1.807) is 48.6 Å². The molecule has 0 bridgehead atoms. The Balaban J connectivity index is 0.000000836. The number of hydrogen-bond donors (Lipinski definition) is 4. The van der Waals surface area contributed by atoms with E-state index < -0.39 is 46.0 Å². The van der Waals surface area contributed by atoms with Crippen LogP contribution in [0.5, 0.6) is 0 Å². The zero-order valence-electron chi connectivity index (χ0n) is 41.6. The number of carbonyl (C=O) groups is 4. The molecule has 0 radical (unpaired) electrons. The summed E-state index contributed by atoms with van der Waals surface area (Å²) in [6.45, 7) is 4.20. The Bertz CT molecular complexity index is 1610. The summed E-state index contributed by atoms with van der Waals surface area (Å²) in [5, 5.41) is 37.1. The van der Waals surface area contributed by atoms with Crippen LogP contribution in [0.1, 0.15) is 0 Å². The van der Waals surface area contributed by atoms with Crippen LogP contribution >= 0.6 is 0 Å². The summed E-state index contributed by atoms with van der Waals surface area (Å²) in [6, 6.07) is 0. The number of aliphatic imine (C=N–C) groups is 4. The molecule has 4 atom stereocenters. The van der Waals surface area contributed by atoms with Gasteiger partial charge in [-0.25, -0.2) is 19.2 Å². The van der Waals surface area contributed by atoms with Gasteiger partial charge >= 0.3 is 23.9 Å². The number of carboxylic acid groups (broad SMARTS) is 4. The quantitative estimate of drug-likeness (QED) is 0.124. The average Bonchev–Trinajstić information content (AvgIpc) is 3.91. The Hall–Kier alpha value is -3.92. The topological polar surface area (TPSA) is 225 Å². The van der Waals surface area contributed by atoms with E-state index in [0.717, 1.165) is 22.8 Å². The normalized spacial score (nSPS) is 23.9. The minimum Gasteiger partial charge on any atom is -0.479 e. The maximum absolute atomic E-state index is 11.3. The first-order chi connectivity index (χ1) is 29.4. The zero-order valence-corrected chi connectivity index (χ0v) is 44.0. The van der Waals surface area contributed by atoms with Crippen molar-refractivity contribution < 1.29 is 65.8 Å². The van der Waals surface area contributed by atoms with Crippen LogP contribution in [-0.4, -0.2) is 294 Å². The molecule has 0 fully saturated rings. The number of hydrogen-bond acceptors (Lipinski definition) is 16. The number of rotatable bonds is 20. The van der Waals surface area contributed by atoms with E-state index in [1.807, 2.05) is 152 Å². The van der Waals surface area contributed by atoms with Crippen molar-refractivity contribution in [1.82, 2.24) is 39.2 Å². The standard InChI is InChI=1S/4C11H19N3O2.Zr/c4*1-13(2)7-9-5-6-11(12-9,10(15)16)8-14(3)4;/h4*5-6H,7-8H2,1-4H3,(H,15,16);. The molecule has 4 unspecified atom stereocenters. The molecule has 4 heterocycles. The van der Waals surface area contributed by atoms with Crippen molar-refractivity contribution in [3.8, 4) is 0 Å². The first kappa shape index (κ1) is 61.1. The van der Waals surface area contributed by atoms with E-state index in [-0.39, 0.29) is 26.2 Å². The van der Waals surface area contributed by atoms with Gasteiger partial charge in [0.1, 0.15) is 0 Å². The summed E-state index contributed by atoms with van der Waals surface area (Å²) in [7, 11) is 30.2. The minimum atomic E-state index is -1.10. The third-order valence-corrected chi connectivity index (χ3v) is 9.20. The van der Waals surface area contributed by atoms with Crippen molar-refractivity contribution in [3.05, 3.63) is 48.6 Å². The van der Waals surface area contributed by atoms with Gasteiger partial charge in [-0.15, -0.1) is 0 Å². The van der Waals surface area contributed by atoms with Crippen molar-refractivity contribution >= 4 is 46.7 Å². The van der Waals surface area contributed by atoms with Crippen LogP contribution in [0.3, 0.4) is 0 Å². The molecule has 364 valence electrons. The molecule has 4 rings (SSSR count). The monoisotopic (exact) mass is 990 g/mol. The van der Waals surface area contributed by atoms with E-state index in [2.05, 4.69) is 20.0 Å². The fraction of sp³-hybridized carbons (Fsp3) is 0.636. The van der Waals surface area contributed by atoms with Crippen LogP contribution in [0, 0.1) is 0 Å². The predicted octanol–water partition coefficient (Wildman–Crippen LogP) is -0.227. The van der Waals surface area contributed by atoms with E-state index in [4.69, 9.17) is 0 Å². The van der Waals surface area contributed by atoms with Gasteiger partial charge in [-0.1, -0.05) is 0 Å². The zero-order chi connectivity index (χ0) is 49.4. The SMILES string of the molecule is CN(C)CC1=NC(CN(C)C)(C(=O)O)C=C1.CN(C)CC1=NC(CN(C)C)(C(=O)O)C=C1.CN(C)CC1=NC(CN(C)C)(C(=O)O)C=C1.CN(C)CC1=NC(CN(C)C)(C(=O)O)C=C1.[Zr]. The summed E-state index contributed by atoms with van der Waals surface area (Å²) in [4.78, 5) is 77.7. The smallest absolute Gasteiger partial charge is 0.336 e. The van der Waals surface area contributed by atoms with Gasteiger partial charge in [-0.05, 0) is 161 Å². The number of aliphatic carboxylic acids is 4. The van der Waals surface area contributed by atoms with E-state index in [1.165, 1.54) is 0 Å². The summed E-state index contributed by atoms with van der Waals surface area (Å²) in [6.07, 6.45) is 13.9. The molecular weight excluding hydrogens is 916 g/mol. The van der Waals surface area contributed by atoms with Crippen molar-refractivity contribution in [2.24, 2.45) is 20.0 Å². The Morgan fingerprint density at radius 2 is 0.508 bits per heavy atom. The average molecular weight is 992 g/mol. The Morgan fingerprint density at radius 3 is 0.615 bits per heavy atom. The molecule has 4 N–H and O–H groups in total. The van der Waals surface area contributed by atoms with Crippen molar-refractivity contribution in [3.63, 3.8) is 0 Å². The summed E-state index contributed by atoms with van der Waals surface area (Å²) >= 11 is 0. The van der Waals surface area contributed by atoms with Crippen LogP contribution in [0.15, 0.2) is 68.6 Å². The molecule has 0 saturated heterocycles. The maximum Gasteiger partial charge on any atom is 0.336 e. The summed E-state index contributed by atoms with van der Waals surface area (Å²) < 4.78 is 0. The summed E-state index contributed by atoms with van der Waals surface area (Å²) in [5.41, 5.74) is -1.15. The van der Waals surface area contributed by atoms with Crippen molar-refractivity contribution in [1.29, 1.82) is 0 Å². The molecule has 4 aliphatic rings. The van der Waals surface area contributed by atoms with Gasteiger partial charge in [0.2, 0.25) is 0 Å². The van der Waals surface area contributed by atoms with E-state index in [9.17, 15) is 39.6 Å². The Labute approximate surface area is 405 Å². The van der Waals surface area contributed by atoms with Crippen molar-refractivity contribution in [2.45, 2.75) is 22.2 Å². The van der Waals surface area contributed by atoms with Crippen molar-refractivity contribution in [2.75, 3.05) is 165 Å². The molecule has 20 nitrogen and oxygen atoms in total. The molecule has 0 amide bonds. The molecule has 65 heavy (non-hydrogen) atoms. The second-order valence-electron chi connectivity index (χ2n) is 18.6. The largest absolute Gasteiger partial charge is 0.479 e. The number of likely N-dealkylation sites (N-methyl/N-ethyl adjacent to an activating group) is 4. The van der Waals surface area contributed by atoms with Crippen LogP contribution in [-0.2, 0) is 45.4 Å². The van der Waals surface area contributed by atoms with Crippen LogP contribution in [0.2, 0.25) is 0 Å². The maximum atomic E-state index is 11.3. The number of carboxylic acids is 4. The second-order valence-corrected chi connectivity index (χ2v) is 18.6. The molecular formula is C44H76N12O8Zr. The third kappa shape index (κ3) is 20.2. The molecule has 0 aliphatic carbocycles. The van der Waals surface area contributed by atoms with Gasteiger partial charge in [0.25, 0.3) is 0 Å². The van der Waals surface area contributed by atoms with Gasteiger partial charge in [0.05, 0.1) is 22.8 Å². The summed E-state index contributed by atoms with van der Waals surface area (Å²) in [5.74, 6) is -3.59. The van der Waals surface area contributed by atoms with Gasteiger partial charge in [0.15, 0.2) is 22.2 Å². The molecule has 21 heteroatoms. The molecule has 0 aromatic heterocycles. The van der Waals surface area contributed by atoms with E-state index in [0.29, 0.717) is 52.4 Å². The fourth-order valence-electron chi connectivity index (χ4n) is 6.94. The van der Waals surface area contributed by atoms with Gasteiger partial charge in [-0.2, -0.15) is 0 Å². The first-order valence-corrected chi connectivity index (χ1v) is 20.7. The Kier molecular flexibility index (Phi) is 25.4. The number of nitrogens with zero attached hydrogens (tertiary/aromatic N) is 12. The molecule has 0 saturated carbocycles. The third-order valence-electron chi connectivity index (χ3n) is 9.20. The predicted molar refractivity (Wildman–Crippen MR) is 256 cm³/mol. The van der Waals surface area contributed by atoms with Gasteiger partial charge < -0.3 is 59.6 Å². The Morgan fingerprint density at radius 1 is 0.354 bits per heavy atom. The molecule has 0 aromatic rings. The minimum absolute atomic E-state index is 0. The molecule has 0 aromatic carbocycles. The van der Waals surface area contributed by atoms with Crippen LogP contribution < -0.4 is 0 Å². The van der Waals surface area contributed by atoms with Gasteiger partial charge in [-0.3, -0.25) is 20.0 Å². The van der Waals surface area contributed by atoms with Crippen LogP contribution in [0.4, 0.5) is 0 Å². The first-order valence-electron chi connectivity index (χ1n) is 20.7. The van der Waals surface area contributed by atoms with Gasteiger partial charge in [0, 0.05) is 78.6 Å². The molecule has 0 spiro atoms. The second kappa shape index (κ2) is 27.0. The fourth-order valence-corrected chi connectivity index (χ4v) is 6.94. The van der Waals surface area contributed by atoms with Crippen LogP contribution in [0.25, 0.3) is 0 Å².